The summed E-state index contributed by atoms with van der Waals surface area (Å²) in [6, 6.07) is 66.4. The number of allylic oxidation sites excluding steroid dienone is 1. The maximum Gasteiger partial charge on any atom is 0.235 e. The average Bonchev–Trinajstić information content (AvgIpc) is 3.76. The summed E-state index contributed by atoms with van der Waals surface area (Å²) in [4.78, 5) is 10.6. The third-order valence-electron chi connectivity index (χ3n) is 13.1. The molecule has 3 nitrogen and oxygen atoms in total. The molecule has 2 aliphatic rings. The van der Waals surface area contributed by atoms with E-state index in [1.54, 1.807) is 0 Å². The van der Waals surface area contributed by atoms with Crippen molar-refractivity contribution in [2.75, 3.05) is 0 Å². The molecule has 0 aliphatic heterocycles. The molecule has 0 radical (unpaired) electrons. The van der Waals surface area contributed by atoms with Crippen LogP contribution in [0.1, 0.15) is 48.1 Å². The fourth-order valence-electron chi connectivity index (χ4n) is 10.1. The minimum Gasteiger partial charge on any atom is -0.278 e. The van der Waals surface area contributed by atoms with Crippen LogP contribution in [0.4, 0.5) is 0 Å². The molecule has 2 aliphatic carbocycles. The number of hydrogen-bond acceptors (Lipinski definition) is 2. The van der Waals surface area contributed by atoms with Gasteiger partial charge in [0.25, 0.3) is 0 Å². The molecule has 0 bridgehead atoms. The summed E-state index contributed by atoms with van der Waals surface area (Å²) in [5.41, 5.74) is 20.6. The monoisotopic (exact) mass is 767 g/mol. The lowest BCUT2D eigenvalue weighted by Gasteiger charge is -2.22. The molecule has 3 heteroatoms. The van der Waals surface area contributed by atoms with E-state index in [1.165, 1.54) is 77.5 Å². The molecule has 0 fully saturated rings. The second-order valence-corrected chi connectivity index (χ2v) is 16.9. The third kappa shape index (κ3) is 5.36. The van der Waals surface area contributed by atoms with E-state index in [0.29, 0.717) is 5.95 Å². The molecule has 0 saturated heterocycles. The SMILES string of the molecule is CC1(C)c2ccccc2-c2ccc(-c3cccc(-c4ccc5c(c4)c4ccccc4n5-c4nc(-c5ccc(C6=CCCc7ccccc76)cc5)c5ccccc5n4)c3)cc21. The van der Waals surface area contributed by atoms with E-state index in [1.807, 2.05) is 0 Å². The van der Waals surface area contributed by atoms with Crippen molar-refractivity contribution in [3.8, 4) is 50.6 Å². The molecule has 0 atom stereocenters. The Morgan fingerprint density at radius 1 is 0.450 bits per heavy atom. The zero-order valence-corrected chi connectivity index (χ0v) is 33.7. The second kappa shape index (κ2) is 13.3. The number of aryl methyl sites for hydroxylation is 1. The summed E-state index contributed by atoms with van der Waals surface area (Å²) in [6.07, 6.45) is 4.54. The Bertz CT molecular complexity index is 3400. The Hall–Kier alpha value is -7.36. The first-order chi connectivity index (χ1) is 29.5. The highest BCUT2D eigenvalue weighted by Crippen LogP contribution is 2.49. The molecule has 284 valence electrons. The number of nitrogens with zero attached hydrogens (tertiary/aromatic N) is 3. The van der Waals surface area contributed by atoms with E-state index in [-0.39, 0.29) is 5.41 Å². The molecule has 0 N–H and O–H groups in total. The molecule has 0 amide bonds. The molecule has 0 saturated carbocycles. The van der Waals surface area contributed by atoms with Crippen LogP contribution in [0.25, 0.3) is 88.9 Å². The van der Waals surface area contributed by atoms with Crippen LogP contribution in [0.2, 0.25) is 0 Å². The van der Waals surface area contributed by atoms with Crippen LogP contribution in [0.3, 0.4) is 0 Å². The van der Waals surface area contributed by atoms with E-state index >= 15 is 0 Å². The quantitative estimate of drug-likeness (QED) is 0.175. The van der Waals surface area contributed by atoms with Crippen LogP contribution in [0, 0.1) is 0 Å². The zero-order chi connectivity index (χ0) is 40.0. The molecule has 10 aromatic rings. The molecule has 2 heterocycles. The minimum atomic E-state index is -0.0426. The lowest BCUT2D eigenvalue weighted by atomic mass is 9.81. The van der Waals surface area contributed by atoms with Gasteiger partial charge in [0, 0.05) is 27.1 Å². The summed E-state index contributed by atoms with van der Waals surface area (Å²) in [6.45, 7) is 4.69. The summed E-state index contributed by atoms with van der Waals surface area (Å²) in [7, 11) is 0. The molecular weight excluding hydrogens is 727 g/mol. The first kappa shape index (κ1) is 34.7. The fourth-order valence-corrected chi connectivity index (χ4v) is 10.1. The topological polar surface area (TPSA) is 30.7 Å². The largest absolute Gasteiger partial charge is 0.278 e. The van der Waals surface area contributed by atoms with Crippen LogP contribution in [0.5, 0.6) is 0 Å². The minimum absolute atomic E-state index is 0.0426. The van der Waals surface area contributed by atoms with Gasteiger partial charge < -0.3 is 0 Å². The third-order valence-corrected chi connectivity index (χ3v) is 13.1. The van der Waals surface area contributed by atoms with Crippen LogP contribution in [0.15, 0.2) is 188 Å². The van der Waals surface area contributed by atoms with Gasteiger partial charge in [-0.3, -0.25) is 4.57 Å². The molecule has 0 unspecified atom stereocenters. The standard InChI is InChI=1S/C57H41N3/c1-57(2)50-22-8-5-18-45(50)46-31-29-42(35-51(46)57)40-16-11-15-39(33-40)41-30-32-54-49(34-41)47-19-7-10-24-53(47)60(54)56-58-52-23-9-6-20-48(52)55(59-56)38-27-25-37(26-28-38)44-21-12-14-36-13-3-4-17-43(36)44/h3-11,13,15-35H,12,14H2,1-2H3. The van der Waals surface area contributed by atoms with Crippen molar-refractivity contribution in [1.29, 1.82) is 0 Å². The van der Waals surface area contributed by atoms with Gasteiger partial charge in [0.05, 0.1) is 22.2 Å². The van der Waals surface area contributed by atoms with Gasteiger partial charge in [-0.05, 0) is 116 Å². The van der Waals surface area contributed by atoms with Crippen molar-refractivity contribution in [2.24, 2.45) is 0 Å². The number of fused-ring (bicyclic) bond motifs is 8. The van der Waals surface area contributed by atoms with Crippen molar-refractivity contribution in [3.05, 3.63) is 216 Å². The average molecular weight is 768 g/mol. The van der Waals surface area contributed by atoms with Gasteiger partial charge in [0.2, 0.25) is 5.95 Å². The smallest absolute Gasteiger partial charge is 0.235 e. The predicted molar refractivity (Wildman–Crippen MR) is 250 cm³/mol. The Kier molecular flexibility index (Phi) is 7.71. The van der Waals surface area contributed by atoms with Crippen molar-refractivity contribution in [2.45, 2.75) is 32.1 Å². The predicted octanol–water partition coefficient (Wildman–Crippen LogP) is 14.4. The number of benzene rings is 8. The summed E-state index contributed by atoms with van der Waals surface area (Å²) in [5, 5.41) is 3.39. The van der Waals surface area contributed by atoms with Gasteiger partial charge in [-0.1, -0.05) is 166 Å². The van der Waals surface area contributed by atoms with E-state index in [9.17, 15) is 0 Å². The fraction of sp³-hybridized carbons (Fsp3) is 0.0877. The van der Waals surface area contributed by atoms with Crippen LogP contribution < -0.4 is 0 Å². The van der Waals surface area contributed by atoms with E-state index in [2.05, 4.69) is 206 Å². The van der Waals surface area contributed by atoms with Crippen LogP contribution in [-0.2, 0) is 11.8 Å². The van der Waals surface area contributed by atoms with Gasteiger partial charge in [0.15, 0.2) is 0 Å². The second-order valence-electron chi connectivity index (χ2n) is 16.9. The molecule has 60 heavy (non-hydrogen) atoms. The Morgan fingerprint density at radius 2 is 1.08 bits per heavy atom. The van der Waals surface area contributed by atoms with Crippen molar-refractivity contribution < 1.29 is 0 Å². The summed E-state index contributed by atoms with van der Waals surface area (Å²) >= 11 is 0. The Labute approximate surface area is 350 Å². The lowest BCUT2D eigenvalue weighted by molar-refractivity contribution is 0.660. The van der Waals surface area contributed by atoms with Gasteiger partial charge in [-0.25, -0.2) is 9.97 Å². The number of hydrogen-bond donors (Lipinski definition) is 0. The number of para-hydroxylation sites is 2. The number of aromatic nitrogens is 3. The van der Waals surface area contributed by atoms with Crippen molar-refractivity contribution in [1.82, 2.24) is 14.5 Å². The van der Waals surface area contributed by atoms with Crippen molar-refractivity contribution >= 4 is 38.3 Å². The zero-order valence-electron chi connectivity index (χ0n) is 33.7. The molecular formula is C57H41N3. The highest BCUT2D eigenvalue weighted by molar-refractivity contribution is 6.10. The highest BCUT2D eigenvalue weighted by atomic mass is 15.2. The first-order valence-electron chi connectivity index (χ1n) is 21.0. The Balaban J connectivity index is 0.946. The lowest BCUT2D eigenvalue weighted by Crippen LogP contribution is -2.14. The summed E-state index contributed by atoms with van der Waals surface area (Å²) < 4.78 is 2.24. The van der Waals surface area contributed by atoms with E-state index in [0.717, 1.165) is 46.0 Å². The maximum absolute atomic E-state index is 5.40. The van der Waals surface area contributed by atoms with Gasteiger partial charge >= 0.3 is 0 Å². The number of rotatable bonds is 5. The molecule has 12 rings (SSSR count). The summed E-state index contributed by atoms with van der Waals surface area (Å²) in [5.74, 6) is 0.666. The highest BCUT2D eigenvalue weighted by Gasteiger charge is 2.35. The molecule has 0 spiro atoms. The van der Waals surface area contributed by atoms with Crippen LogP contribution in [-0.4, -0.2) is 14.5 Å². The van der Waals surface area contributed by atoms with Crippen LogP contribution >= 0.6 is 0 Å². The van der Waals surface area contributed by atoms with E-state index < -0.39 is 0 Å². The van der Waals surface area contributed by atoms with Gasteiger partial charge in [-0.15, -0.1) is 0 Å². The van der Waals surface area contributed by atoms with Gasteiger partial charge in [-0.2, -0.15) is 0 Å². The van der Waals surface area contributed by atoms with Gasteiger partial charge in [0.1, 0.15) is 0 Å². The molecule has 2 aromatic heterocycles. The normalized spacial score (nSPS) is 13.9. The van der Waals surface area contributed by atoms with E-state index in [4.69, 9.17) is 9.97 Å². The maximum atomic E-state index is 5.40. The first-order valence-corrected chi connectivity index (χ1v) is 21.0. The molecule has 8 aromatic carbocycles. The van der Waals surface area contributed by atoms with Crippen molar-refractivity contribution in [3.63, 3.8) is 0 Å². The Morgan fingerprint density at radius 3 is 1.95 bits per heavy atom.